The number of hydrogen-bond donors (Lipinski definition) is 3. The summed E-state index contributed by atoms with van der Waals surface area (Å²) >= 11 is 0. The number of nitrogens with one attached hydrogen (secondary N) is 1. The molecule has 0 spiro atoms. The lowest BCUT2D eigenvalue weighted by molar-refractivity contribution is 1.41. The van der Waals surface area contributed by atoms with Crippen LogP contribution in [0.25, 0.3) is 0 Å². The van der Waals surface area contributed by atoms with Crippen LogP contribution in [0.5, 0.6) is 0 Å². The zero-order valence-corrected chi connectivity index (χ0v) is 7.31. The Labute approximate surface area is 71.9 Å². The van der Waals surface area contributed by atoms with E-state index in [4.69, 9.17) is 16.9 Å². The van der Waals surface area contributed by atoms with Crippen molar-refractivity contribution in [2.75, 3.05) is 11.5 Å². The molecule has 64 valence electrons. The molecule has 0 aliphatic rings. The topological polar surface area (TPSA) is 75.9 Å². The molecule has 0 aliphatic carbocycles. The molecular formula is C9H13N3. The fraction of sp³-hybridized carbons (Fsp3) is 0.222. The quantitative estimate of drug-likeness (QED) is 0.434. The minimum atomic E-state index is 0.447. The van der Waals surface area contributed by atoms with Gasteiger partial charge in [-0.15, -0.1) is 0 Å². The number of aryl methyl sites for hydroxylation is 1. The molecule has 0 bridgehead atoms. The van der Waals surface area contributed by atoms with Gasteiger partial charge < -0.3 is 16.9 Å². The molecule has 0 amide bonds. The van der Waals surface area contributed by atoms with Crippen LogP contribution < -0.4 is 11.5 Å². The van der Waals surface area contributed by atoms with Crippen molar-refractivity contribution in [2.45, 2.75) is 13.8 Å². The molecule has 3 heteroatoms. The molecule has 0 fully saturated rings. The molecule has 12 heavy (non-hydrogen) atoms. The fourth-order valence-electron chi connectivity index (χ4n) is 1.14. The van der Waals surface area contributed by atoms with Crippen LogP contribution in [0.2, 0.25) is 0 Å². The number of hydrogen-bond acceptors (Lipinski definition) is 3. The average Bonchev–Trinajstić information content (AvgIpc) is 1.96. The second-order valence-electron chi connectivity index (χ2n) is 2.92. The van der Waals surface area contributed by atoms with Crippen molar-refractivity contribution >= 4 is 17.1 Å². The predicted octanol–water partition coefficient (Wildman–Crippen LogP) is 1.55. The van der Waals surface area contributed by atoms with Crippen LogP contribution in [0.3, 0.4) is 0 Å². The van der Waals surface area contributed by atoms with Gasteiger partial charge in [-0.3, -0.25) is 0 Å². The van der Waals surface area contributed by atoms with Gasteiger partial charge >= 0.3 is 0 Å². The van der Waals surface area contributed by atoms with Gasteiger partial charge in [-0.1, -0.05) is 0 Å². The first-order valence-corrected chi connectivity index (χ1v) is 3.73. The van der Waals surface area contributed by atoms with Gasteiger partial charge in [0.15, 0.2) is 0 Å². The highest BCUT2D eigenvalue weighted by Gasteiger charge is 2.04. The molecular weight excluding hydrogens is 150 g/mol. The summed E-state index contributed by atoms with van der Waals surface area (Å²) in [6.07, 6.45) is 0. The third-order valence-corrected chi connectivity index (χ3v) is 1.81. The maximum atomic E-state index is 7.43. The van der Waals surface area contributed by atoms with Crippen molar-refractivity contribution in [3.63, 3.8) is 0 Å². The van der Waals surface area contributed by atoms with Gasteiger partial charge in [0.2, 0.25) is 0 Å². The smallest absolute Gasteiger partial charge is 0.0436 e. The molecule has 1 rings (SSSR count). The summed E-state index contributed by atoms with van der Waals surface area (Å²) < 4.78 is 0. The van der Waals surface area contributed by atoms with E-state index in [1.165, 1.54) is 0 Å². The predicted molar refractivity (Wildman–Crippen MR) is 52.5 cm³/mol. The van der Waals surface area contributed by atoms with E-state index in [-0.39, 0.29) is 0 Å². The minimum Gasteiger partial charge on any atom is -0.399 e. The third kappa shape index (κ3) is 1.39. The number of nitrogen functional groups attached to an aromatic ring is 2. The second kappa shape index (κ2) is 2.85. The first-order valence-electron chi connectivity index (χ1n) is 3.73. The second-order valence-corrected chi connectivity index (χ2v) is 2.92. The zero-order chi connectivity index (χ0) is 9.30. The molecule has 0 aliphatic heterocycles. The Morgan fingerprint density at radius 1 is 1.33 bits per heavy atom. The van der Waals surface area contributed by atoms with E-state index in [1.54, 1.807) is 13.0 Å². The van der Waals surface area contributed by atoms with Gasteiger partial charge in [-0.2, -0.15) is 0 Å². The van der Waals surface area contributed by atoms with Crippen molar-refractivity contribution in [2.24, 2.45) is 0 Å². The molecule has 1 aromatic carbocycles. The maximum absolute atomic E-state index is 7.43. The summed E-state index contributed by atoms with van der Waals surface area (Å²) in [5.74, 6) is 0. The molecule has 0 saturated carbocycles. The van der Waals surface area contributed by atoms with Crippen LogP contribution in [0, 0.1) is 12.3 Å². The monoisotopic (exact) mass is 163 g/mol. The van der Waals surface area contributed by atoms with E-state index in [2.05, 4.69) is 0 Å². The Bertz CT molecular complexity index is 329. The largest absolute Gasteiger partial charge is 0.399 e. The van der Waals surface area contributed by atoms with Crippen LogP contribution in [-0.2, 0) is 0 Å². The Kier molecular flexibility index (Phi) is 2.04. The van der Waals surface area contributed by atoms with Crippen molar-refractivity contribution in [3.05, 3.63) is 23.3 Å². The van der Waals surface area contributed by atoms with Gasteiger partial charge in [0, 0.05) is 22.6 Å². The number of rotatable bonds is 1. The Morgan fingerprint density at radius 3 is 2.42 bits per heavy atom. The zero-order valence-electron chi connectivity index (χ0n) is 7.31. The van der Waals surface area contributed by atoms with Crippen molar-refractivity contribution in [1.29, 1.82) is 5.41 Å². The molecule has 0 atom stereocenters. The van der Waals surface area contributed by atoms with Crippen LogP contribution in [0.4, 0.5) is 11.4 Å². The minimum absolute atomic E-state index is 0.447. The number of benzene rings is 1. The summed E-state index contributed by atoms with van der Waals surface area (Å²) in [5.41, 5.74) is 14.8. The fourth-order valence-corrected chi connectivity index (χ4v) is 1.14. The molecule has 0 saturated heterocycles. The highest BCUT2D eigenvalue weighted by atomic mass is 14.6. The van der Waals surface area contributed by atoms with Crippen molar-refractivity contribution in [1.82, 2.24) is 0 Å². The Balaban J connectivity index is 3.37. The van der Waals surface area contributed by atoms with Gasteiger partial charge in [0.1, 0.15) is 0 Å². The Hall–Kier alpha value is -1.51. The van der Waals surface area contributed by atoms with E-state index < -0.39 is 0 Å². The lowest BCUT2D eigenvalue weighted by Crippen LogP contribution is -2.03. The summed E-state index contributed by atoms with van der Waals surface area (Å²) in [7, 11) is 0. The average molecular weight is 163 g/mol. The van der Waals surface area contributed by atoms with Gasteiger partial charge in [-0.25, -0.2) is 0 Å². The van der Waals surface area contributed by atoms with Crippen molar-refractivity contribution < 1.29 is 0 Å². The summed E-state index contributed by atoms with van der Waals surface area (Å²) in [6.45, 7) is 3.59. The molecule has 0 unspecified atom stereocenters. The van der Waals surface area contributed by atoms with E-state index >= 15 is 0 Å². The first-order chi connectivity index (χ1) is 5.52. The molecule has 0 heterocycles. The molecule has 3 nitrogen and oxygen atoms in total. The Morgan fingerprint density at radius 2 is 1.92 bits per heavy atom. The van der Waals surface area contributed by atoms with E-state index in [9.17, 15) is 0 Å². The van der Waals surface area contributed by atoms with E-state index in [0.717, 1.165) is 11.1 Å². The summed E-state index contributed by atoms with van der Waals surface area (Å²) in [6, 6.07) is 3.53. The molecule has 0 radical (unpaired) electrons. The van der Waals surface area contributed by atoms with Crippen molar-refractivity contribution in [3.8, 4) is 0 Å². The van der Waals surface area contributed by atoms with Crippen LogP contribution >= 0.6 is 0 Å². The van der Waals surface area contributed by atoms with E-state index in [1.807, 2.05) is 13.0 Å². The SMILES string of the molecule is CC(=N)c1cc(N)cc(C)c1N. The standard InChI is InChI=1S/C9H13N3/c1-5-3-7(11)4-8(6(2)10)9(5)12/h3-4,10H,11-12H2,1-2H3. The first kappa shape index (κ1) is 8.59. The third-order valence-electron chi connectivity index (χ3n) is 1.81. The highest BCUT2D eigenvalue weighted by Crippen LogP contribution is 2.20. The normalized spacial score (nSPS) is 9.83. The lowest BCUT2D eigenvalue weighted by Gasteiger charge is -2.08. The highest BCUT2D eigenvalue weighted by molar-refractivity contribution is 6.02. The van der Waals surface area contributed by atoms with E-state index in [0.29, 0.717) is 17.1 Å². The van der Waals surface area contributed by atoms with Crippen LogP contribution in [-0.4, -0.2) is 5.71 Å². The molecule has 5 N–H and O–H groups in total. The molecule has 1 aromatic rings. The molecule has 0 aromatic heterocycles. The maximum Gasteiger partial charge on any atom is 0.0436 e. The summed E-state index contributed by atoms with van der Waals surface area (Å²) in [4.78, 5) is 0. The van der Waals surface area contributed by atoms with Crippen LogP contribution in [0.15, 0.2) is 12.1 Å². The summed E-state index contributed by atoms with van der Waals surface area (Å²) in [5, 5.41) is 7.43. The number of anilines is 2. The van der Waals surface area contributed by atoms with Gasteiger partial charge in [0.25, 0.3) is 0 Å². The van der Waals surface area contributed by atoms with Gasteiger partial charge in [-0.05, 0) is 31.5 Å². The number of nitrogens with two attached hydrogens (primary N) is 2. The van der Waals surface area contributed by atoms with Crippen LogP contribution in [0.1, 0.15) is 18.1 Å². The van der Waals surface area contributed by atoms with Gasteiger partial charge in [0.05, 0.1) is 0 Å². The lowest BCUT2D eigenvalue weighted by atomic mass is 10.0.